The Bertz CT molecular complexity index is 369. The molecule has 6 heteroatoms. The Balaban J connectivity index is 1.95. The molecule has 0 aromatic heterocycles. The van der Waals surface area contributed by atoms with Crippen LogP contribution in [0.1, 0.15) is 25.7 Å². The van der Waals surface area contributed by atoms with E-state index in [0.29, 0.717) is 0 Å². The molecule has 1 saturated heterocycles. The lowest BCUT2D eigenvalue weighted by atomic mass is 10.0. The third-order valence-corrected chi connectivity index (χ3v) is 3.42. The number of aliphatic hydroxyl groups excluding tert-OH is 1. The summed E-state index contributed by atoms with van der Waals surface area (Å²) in [5, 5.41) is 21.3. The first kappa shape index (κ1) is 12.9. The van der Waals surface area contributed by atoms with Gasteiger partial charge in [0.05, 0.1) is 6.10 Å². The number of amides is 2. The van der Waals surface area contributed by atoms with Crippen LogP contribution in [0.4, 0.5) is 4.79 Å². The number of carboxylic acid groups (broad SMARTS) is 1. The van der Waals surface area contributed by atoms with E-state index >= 15 is 0 Å². The fourth-order valence-corrected chi connectivity index (χ4v) is 2.45. The number of likely N-dealkylation sites (tertiary alicyclic amines) is 1. The van der Waals surface area contributed by atoms with Gasteiger partial charge in [-0.1, -0.05) is 12.2 Å². The summed E-state index contributed by atoms with van der Waals surface area (Å²) < 4.78 is 0. The molecule has 1 aliphatic carbocycles. The zero-order valence-electron chi connectivity index (χ0n) is 10.1. The van der Waals surface area contributed by atoms with E-state index in [4.69, 9.17) is 5.11 Å². The molecule has 100 valence electrons. The molecule has 0 spiro atoms. The number of β-amino-alcohol motifs (C(OH)–C–C–N with tert-alkyl or cyclic N) is 1. The summed E-state index contributed by atoms with van der Waals surface area (Å²) in [5.41, 5.74) is 0. The van der Waals surface area contributed by atoms with Gasteiger partial charge in [-0.25, -0.2) is 9.59 Å². The molecule has 18 heavy (non-hydrogen) atoms. The van der Waals surface area contributed by atoms with Crippen molar-refractivity contribution in [2.24, 2.45) is 0 Å². The van der Waals surface area contributed by atoms with E-state index in [2.05, 4.69) is 11.4 Å². The van der Waals surface area contributed by atoms with Crippen LogP contribution in [0.5, 0.6) is 0 Å². The van der Waals surface area contributed by atoms with Gasteiger partial charge in [0, 0.05) is 19.0 Å². The van der Waals surface area contributed by atoms with Gasteiger partial charge in [0.2, 0.25) is 0 Å². The summed E-state index contributed by atoms with van der Waals surface area (Å²) in [5.74, 6) is -1.06. The Morgan fingerprint density at radius 1 is 1.33 bits per heavy atom. The fraction of sp³-hybridized carbons (Fsp3) is 0.667. The second kappa shape index (κ2) is 5.39. The van der Waals surface area contributed by atoms with Crippen molar-refractivity contribution in [1.82, 2.24) is 10.2 Å². The quantitative estimate of drug-likeness (QED) is 0.619. The van der Waals surface area contributed by atoms with Crippen molar-refractivity contribution in [3.63, 3.8) is 0 Å². The van der Waals surface area contributed by atoms with E-state index < -0.39 is 18.1 Å². The molecule has 0 bridgehead atoms. The Hall–Kier alpha value is -1.56. The van der Waals surface area contributed by atoms with Crippen LogP contribution >= 0.6 is 0 Å². The Labute approximate surface area is 105 Å². The third kappa shape index (κ3) is 2.81. The standard InChI is InChI=1S/C12H18N2O4/c15-9-6-10(11(16)17)14(7-9)12(18)13-8-4-2-1-3-5-8/h1-2,8-10,15H,3-7H2,(H,13,18)(H,16,17)/t8?,9?,10-/m0/s1. The molecule has 3 N–H and O–H groups in total. The summed E-state index contributed by atoms with van der Waals surface area (Å²) in [6.45, 7) is 0.0887. The second-order valence-corrected chi connectivity index (χ2v) is 4.83. The van der Waals surface area contributed by atoms with E-state index in [-0.39, 0.29) is 25.0 Å². The highest BCUT2D eigenvalue weighted by Crippen LogP contribution is 2.19. The molecule has 2 amide bonds. The first-order chi connectivity index (χ1) is 8.58. The number of hydrogen-bond acceptors (Lipinski definition) is 3. The lowest BCUT2D eigenvalue weighted by molar-refractivity contribution is -0.141. The van der Waals surface area contributed by atoms with Crippen molar-refractivity contribution in [2.75, 3.05) is 6.54 Å². The van der Waals surface area contributed by atoms with Gasteiger partial charge in [-0.2, -0.15) is 0 Å². The lowest BCUT2D eigenvalue weighted by Gasteiger charge is -2.26. The van der Waals surface area contributed by atoms with Crippen LogP contribution in [0.15, 0.2) is 12.2 Å². The average Bonchev–Trinajstić information content (AvgIpc) is 2.73. The minimum absolute atomic E-state index is 0.0645. The molecule has 1 fully saturated rings. The second-order valence-electron chi connectivity index (χ2n) is 4.83. The number of nitrogens with zero attached hydrogens (tertiary/aromatic N) is 1. The topological polar surface area (TPSA) is 89.9 Å². The normalized spacial score (nSPS) is 31.4. The molecule has 1 aliphatic heterocycles. The summed E-state index contributed by atoms with van der Waals surface area (Å²) in [7, 11) is 0. The van der Waals surface area contributed by atoms with Gasteiger partial charge in [-0.05, 0) is 19.3 Å². The van der Waals surface area contributed by atoms with Gasteiger partial charge in [0.15, 0.2) is 0 Å². The monoisotopic (exact) mass is 254 g/mol. The van der Waals surface area contributed by atoms with Crippen molar-refractivity contribution in [3.05, 3.63) is 12.2 Å². The molecule has 0 aromatic carbocycles. The van der Waals surface area contributed by atoms with Crippen molar-refractivity contribution in [2.45, 2.75) is 43.9 Å². The minimum atomic E-state index is -1.06. The number of hydrogen-bond donors (Lipinski definition) is 3. The number of rotatable bonds is 2. The molecular formula is C12H18N2O4. The van der Waals surface area contributed by atoms with Gasteiger partial charge < -0.3 is 20.4 Å². The van der Waals surface area contributed by atoms with Crippen LogP contribution in [0.25, 0.3) is 0 Å². The molecular weight excluding hydrogens is 236 g/mol. The van der Waals surface area contributed by atoms with Crippen molar-refractivity contribution >= 4 is 12.0 Å². The van der Waals surface area contributed by atoms with Gasteiger partial charge in [-0.3, -0.25) is 0 Å². The van der Waals surface area contributed by atoms with Gasteiger partial charge in [0.1, 0.15) is 6.04 Å². The number of urea groups is 1. The SMILES string of the molecule is O=C(O)[C@@H]1CC(O)CN1C(=O)NC1CC=CCC1. The number of nitrogens with one attached hydrogen (secondary N) is 1. The summed E-state index contributed by atoms with van der Waals surface area (Å²) in [4.78, 5) is 24.2. The summed E-state index contributed by atoms with van der Waals surface area (Å²) in [6.07, 6.45) is 6.02. The molecule has 1 heterocycles. The highest BCUT2D eigenvalue weighted by molar-refractivity contribution is 5.83. The predicted octanol–water partition coefficient (Wildman–Crippen LogP) is 0.325. The van der Waals surface area contributed by atoms with Crippen LogP contribution in [-0.4, -0.2) is 51.8 Å². The van der Waals surface area contributed by atoms with Crippen molar-refractivity contribution in [1.29, 1.82) is 0 Å². The highest BCUT2D eigenvalue weighted by Gasteiger charge is 2.39. The number of allylic oxidation sites excluding steroid dienone is 1. The fourth-order valence-electron chi connectivity index (χ4n) is 2.45. The molecule has 2 rings (SSSR count). The first-order valence-electron chi connectivity index (χ1n) is 6.21. The van der Waals surface area contributed by atoms with Crippen LogP contribution < -0.4 is 5.32 Å². The minimum Gasteiger partial charge on any atom is -0.480 e. The highest BCUT2D eigenvalue weighted by atomic mass is 16.4. The first-order valence-corrected chi connectivity index (χ1v) is 6.21. The zero-order chi connectivity index (χ0) is 13.1. The van der Waals surface area contributed by atoms with Gasteiger partial charge in [-0.15, -0.1) is 0 Å². The number of carbonyl (C=O) groups is 2. The predicted molar refractivity (Wildman–Crippen MR) is 64.1 cm³/mol. The number of aliphatic carboxylic acids is 1. The molecule has 6 nitrogen and oxygen atoms in total. The van der Waals surface area contributed by atoms with Crippen LogP contribution in [0.2, 0.25) is 0 Å². The summed E-state index contributed by atoms with van der Waals surface area (Å²) in [6, 6.07) is -1.24. The smallest absolute Gasteiger partial charge is 0.326 e. The summed E-state index contributed by atoms with van der Waals surface area (Å²) >= 11 is 0. The Morgan fingerprint density at radius 2 is 2.11 bits per heavy atom. The maximum absolute atomic E-state index is 12.0. The molecule has 2 aliphatic rings. The van der Waals surface area contributed by atoms with Crippen LogP contribution in [0, 0.1) is 0 Å². The average molecular weight is 254 g/mol. The molecule has 0 aromatic rings. The zero-order valence-corrected chi connectivity index (χ0v) is 10.1. The van der Waals surface area contributed by atoms with E-state index in [9.17, 15) is 14.7 Å². The van der Waals surface area contributed by atoms with E-state index in [1.807, 2.05) is 6.08 Å². The van der Waals surface area contributed by atoms with Crippen molar-refractivity contribution in [3.8, 4) is 0 Å². The number of carbonyl (C=O) groups excluding carboxylic acids is 1. The van der Waals surface area contributed by atoms with Gasteiger partial charge in [0.25, 0.3) is 0 Å². The maximum Gasteiger partial charge on any atom is 0.326 e. The molecule has 0 radical (unpaired) electrons. The third-order valence-electron chi connectivity index (χ3n) is 3.42. The lowest BCUT2D eigenvalue weighted by Crippen LogP contribution is -2.49. The van der Waals surface area contributed by atoms with Crippen LogP contribution in [-0.2, 0) is 4.79 Å². The van der Waals surface area contributed by atoms with E-state index in [1.54, 1.807) is 0 Å². The Kier molecular flexibility index (Phi) is 3.86. The Morgan fingerprint density at radius 3 is 2.72 bits per heavy atom. The van der Waals surface area contributed by atoms with Gasteiger partial charge >= 0.3 is 12.0 Å². The van der Waals surface area contributed by atoms with Crippen LogP contribution in [0.3, 0.4) is 0 Å². The number of carboxylic acids is 1. The maximum atomic E-state index is 12.0. The van der Waals surface area contributed by atoms with Crippen molar-refractivity contribution < 1.29 is 19.8 Å². The molecule has 3 atom stereocenters. The molecule has 2 unspecified atom stereocenters. The largest absolute Gasteiger partial charge is 0.480 e. The molecule has 0 saturated carbocycles. The van der Waals surface area contributed by atoms with E-state index in [1.165, 1.54) is 4.90 Å². The number of aliphatic hydroxyl groups is 1. The van der Waals surface area contributed by atoms with E-state index in [0.717, 1.165) is 19.3 Å².